The minimum atomic E-state index is -0.139. The molecule has 0 unspecified atom stereocenters. The molecular weight excluding hydrogens is 400 g/mol. The van der Waals surface area contributed by atoms with E-state index in [1.165, 1.54) is 18.9 Å². The Labute approximate surface area is 190 Å². The van der Waals surface area contributed by atoms with Gasteiger partial charge in [0.1, 0.15) is 5.75 Å². The van der Waals surface area contributed by atoms with E-state index >= 15 is 0 Å². The molecule has 0 radical (unpaired) electrons. The first-order valence-electron chi connectivity index (χ1n) is 11.5. The van der Waals surface area contributed by atoms with E-state index in [1.54, 1.807) is 4.57 Å². The zero-order chi connectivity index (χ0) is 22.9. The van der Waals surface area contributed by atoms with Gasteiger partial charge in [0.15, 0.2) is 6.61 Å². The van der Waals surface area contributed by atoms with Gasteiger partial charge < -0.3 is 14.2 Å². The number of hydrogen-bond donors (Lipinski definition) is 0. The molecule has 0 spiro atoms. The molecule has 2 aliphatic rings. The normalized spacial score (nSPS) is 18.1. The third kappa shape index (κ3) is 5.24. The van der Waals surface area contributed by atoms with Crippen LogP contribution in [0.25, 0.3) is 0 Å². The second-order valence-electron chi connectivity index (χ2n) is 9.90. The van der Waals surface area contributed by atoms with Crippen LogP contribution in [0.4, 0.5) is 0 Å². The lowest BCUT2D eigenvalue weighted by Crippen LogP contribution is -2.34. The predicted molar refractivity (Wildman–Crippen MR) is 126 cm³/mol. The fourth-order valence-electron chi connectivity index (χ4n) is 4.23. The summed E-state index contributed by atoms with van der Waals surface area (Å²) in [6.07, 6.45) is 3.43. The van der Waals surface area contributed by atoms with Gasteiger partial charge in [-0.3, -0.25) is 9.59 Å². The van der Waals surface area contributed by atoms with Crippen molar-refractivity contribution < 1.29 is 9.53 Å². The number of carbonyl (C=O) groups is 1. The lowest BCUT2D eigenvalue weighted by Gasteiger charge is -2.21. The molecule has 0 bridgehead atoms. The molecule has 1 atom stereocenters. The maximum atomic E-state index is 12.9. The summed E-state index contributed by atoms with van der Waals surface area (Å²) in [7, 11) is 0. The molecule has 1 aromatic heterocycles. The first-order chi connectivity index (χ1) is 15.2. The average molecular weight is 433 g/mol. The number of rotatable bonds is 5. The Hall–Kier alpha value is -3.00. The van der Waals surface area contributed by atoms with Crippen molar-refractivity contribution in [1.82, 2.24) is 9.47 Å². The molecule has 1 saturated heterocycles. The van der Waals surface area contributed by atoms with Crippen molar-refractivity contribution in [1.29, 1.82) is 0 Å². The SMILES string of the molecule is Cc1cc(OCC(=O)N2CCC(C)(C)C2)cc(=O)n1[C@H](C)c1ccc(C#CC2CC2)cc1. The van der Waals surface area contributed by atoms with Gasteiger partial charge in [0.2, 0.25) is 0 Å². The van der Waals surface area contributed by atoms with Crippen LogP contribution >= 0.6 is 0 Å². The number of hydrogen-bond acceptors (Lipinski definition) is 3. The summed E-state index contributed by atoms with van der Waals surface area (Å²) >= 11 is 0. The lowest BCUT2D eigenvalue weighted by atomic mass is 9.93. The van der Waals surface area contributed by atoms with Crippen LogP contribution in [-0.2, 0) is 4.79 Å². The topological polar surface area (TPSA) is 51.5 Å². The number of benzene rings is 1. The number of nitrogens with zero attached hydrogens (tertiary/aromatic N) is 2. The Morgan fingerprint density at radius 3 is 2.53 bits per heavy atom. The van der Waals surface area contributed by atoms with E-state index in [1.807, 2.05) is 49.1 Å². The standard InChI is InChI=1S/C27H32N2O3/c1-19-15-24(32-17-26(31)28-14-13-27(3,4)18-28)16-25(30)29(19)20(2)23-11-9-22(10-12-23)8-7-21-5-6-21/h9-12,15-16,20-21H,5-6,13-14,17-18H2,1-4H3/t20-/m1/s1. The van der Waals surface area contributed by atoms with Crippen LogP contribution in [0.5, 0.6) is 5.75 Å². The minimum absolute atomic E-state index is 0.0318. The summed E-state index contributed by atoms with van der Waals surface area (Å²) in [5.41, 5.74) is 2.87. The van der Waals surface area contributed by atoms with Gasteiger partial charge >= 0.3 is 0 Å². The molecule has 32 heavy (non-hydrogen) atoms. The van der Waals surface area contributed by atoms with Crippen molar-refractivity contribution in [3.63, 3.8) is 0 Å². The quantitative estimate of drug-likeness (QED) is 0.667. The minimum Gasteiger partial charge on any atom is -0.484 e. The van der Waals surface area contributed by atoms with E-state index in [9.17, 15) is 9.59 Å². The lowest BCUT2D eigenvalue weighted by molar-refractivity contribution is -0.132. The molecule has 0 N–H and O–H groups in total. The molecular formula is C27H32N2O3. The molecule has 2 aromatic rings. The summed E-state index contributed by atoms with van der Waals surface area (Å²) in [6, 6.07) is 11.3. The van der Waals surface area contributed by atoms with Gasteiger partial charge in [-0.25, -0.2) is 0 Å². The number of amides is 1. The van der Waals surface area contributed by atoms with Crippen molar-refractivity contribution >= 4 is 5.91 Å². The Morgan fingerprint density at radius 2 is 1.94 bits per heavy atom. The fourth-order valence-corrected chi connectivity index (χ4v) is 4.23. The second-order valence-corrected chi connectivity index (χ2v) is 9.90. The molecule has 4 rings (SSSR count). The predicted octanol–water partition coefficient (Wildman–Crippen LogP) is 4.16. The van der Waals surface area contributed by atoms with E-state index in [4.69, 9.17) is 4.74 Å². The van der Waals surface area contributed by atoms with Gasteiger partial charge in [-0.2, -0.15) is 0 Å². The second kappa shape index (κ2) is 8.86. The Morgan fingerprint density at radius 1 is 1.22 bits per heavy atom. The fraction of sp³-hybridized carbons (Fsp3) is 0.481. The number of ether oxygens (including phenoxy) is 1. The molecule has 168 valence electrons. The zero-order valence-corrected chi connectivity index (χ0v) is 19.5. The van der Waals surface area contributed by atoms with E-state index in [0.717, 1.165) is 36.3 Å². The Kier molecular flexibility index (Phi) is 6.15. The van der Waals surface area contributed by atoms with Gasteiger partial charge in [-0.1, -0.05) is 37.8 Å². The van der Waals surface area contributed by atoms with E-state index in [0.29, 0.717) is 11.7 Å². The monoisotopic (exact) mass is 432 g/mol. The van der Waals surface area contributed by atoms with Gasteiger partial charge in [0.05, 0.1) is 6.04 Å². The molecule has 1 aromatic carbocycles. The van der Waals surface area contributed by atoms with Crippen molar-refractivity contribution in [2.45, 2.75) is 53.0 Å². The van der Waals surface area contributed by atoms with Crippen molar-refractivity contribution in [3.8, 4) is 17.6 Å². The first-order valence-corrected chi connectivity index (χ1v) is 11.5. The van der Waals surface area contributed by atoms with Crippen LogP contribution in [0.3, 0.4) is 0 Å². The molecule has 1 amide bonds. The highest BCUT2D eigenvalue weighted by Crippen LogP contribution is 2.29. The number of carbonyl (C=O) groups excluding carboxylic acids is 1. The molecule has 1 aliphatic carbocycles. The van der Waals surface area contributed by atoms with E-state index < -0.39 is 0 Å². The summed E-state index contributed by atoms with van der Waals surface area (Å²) in [6.45, 7) is 9.71. The third-order valence-corrected chi connectivity index (χ3v) is 6.41. The smallest absolute Gasteiger partial charge is 0.260 e. The molecule has 2 heterocycles. The third-order valence-electron chi connectivity index (χ3n) is 6.41. The van der Waals surface area contributed by atoms with Gasteiger partial charge in [-0.05, 0) is 62.3 Å². The van der Waals surface area contributed by atoms with Crippen molar-refractivity contribution in [3.05, 3.63) is 63.6 Å². The number of pyridine rings is 1. The van der Waals surface area contributed by atoms with Gasteiger partial charge in [-0.15, -0.1) is 0 Å². The highest BCUT2D eigenvalue weighted by molar-refractivity contribution is 5.78. The van der Waals surface area contributed by atoms with Crippen LogP contribution < -0.4 is 10.3 Å². The van der Waals surface area contributed by atoms with Crippen LogP contribution in [0.1, 0.15) is 62.9 Å². The molecule has 2 fully saturated rings. The van der Waals surface area contributed by atoms with Gasteiger partial charge in [0, 0.05) is 36.3 Å². The highest BCUT2D eigenvalue weighted by Gasteiger charge is 2.32. The first kappa shape index (κ1) is 22.2. The van der Waals surface area contributed by atoms with Gasteiger partial charge in [0.25, 0.3) is 11.5 Å². The van der Waals surface area contributed by atoms with Crippen molar-refractivity contribution in [2.75, 3.05) is 19.7 Å². The van der Waals surface area contributed by atoms with Crippen LogP contribution in [0.15, 0.2) is 41.2 Å². The number of aryl methyl sites for hydroxylation is 1. The summed E-state index contributed by atoms with van der Waals surface area (Å²) < 4.78 is 7.45. The van der Waals surface area contributed by atoms with E-state index in [2.05, 4.69) is 25.7 Å². The Bertz CT molecular complexity index is 1110. The molecule has 1 saturated carbocycles. The molecule has 1 aliphatic heterocycles. The maximum absolute atomic E-state index is 12.9. The Balaban J connectivity index is 1.42. The highest BCUT2D eigenvalue weighted by atomic mass is 16.5. The summed E-state index contributed by atoms with van der Waals surface area (Å²) in [5.74, 6) is 7.48. The van der Waals surface area contributed by atoms with E-state index in [-0.39, 0.29) is 29.5 Å². The molecule has 5 heteroatoms. The zero-order valence-electron chi connectivity index (χ0n) is 19.5. The van der Waals surface area contributed by atoms with Crippen LogP contribution in [0.2, 0.25) is 0 Å². The maximum Gasteiger partial charge on any atom is 0.260 e. The number of likely N-dealkylation sites (tertiary alicyclic amines) is 1. The van der Waals surface area contributed by atoms with Crippen LogP contribution in [-0.4, -0.2) is 35.1 Å². The van der Waals surface area contributed by atoms with Crippen LogP contribution in [0, 0.1) is 30.1 Å². The summed E-state index contributed by atoms with van der Waals surface area (Å²) in [5, 5.41) is 0. The average Bonchev–Trinajstić information content (AvgIpc) is 3.51. The largest absolute Gasteiger partial charge is 0.484 e. The summed E-state index contributed by atoms with van der Waals surface area (Å²) in [4.78, 5) is 27.2. The molecule has 5 nitrogen and oxygen atoms in total. The number of aromatic nitrogens is 1. The van der Waals surface area contributed by atoms with Crippen molar-refractivity contribution in [2.24, 2.45) is 11.3 Å².